The smallest absolute Gasteiger partial charge is 0.257 e. The third kappa shape index (κ3) is 4.64. The van der Waals surface area contributed by atoms with Gasteiger partial charge in [0.05, 0.1) is 0 Å². The molecule has 2 aliphatic rings. The van der Waals surface area contributed by atoms with Crippen LogP contribution in [0.2, 0.25) is 0 Å². The average Bonchev–Trinajstić information content (AvgIpc) is 3.20. The van der Waals surface area contributed by atoms with Gasteiger partial charge in [0.1, 0.15) is 0 Å². The normalized spacial score (nSPS) is 29.0. The summed E-state index contributed by atoms with van der Waals surface area (Å²) in [5.41, 5.74) is 0.995. The predicted molar refractivity (Wildman–Crippen MR) is 112 cm³/mol. The first-order valence-corrected chi connectivity index (χ1v) is 11.6. The molecule has 0 amide bonds. The Morgan fingerprint density at radius 3 is 2.19 bits per heavy atom. The van der Waals surface area contributed by atoms with Crippen LogP contribution in [0.3, 0.4) is 0 Å². The van der Waals surface area contributed by atoms with Crippen molar-refractivity contribution in [1.82, 2.24) is 10.1 Å². The highest BCUT2D eigenvalue weighted by molar-refractivity contribution is 9.10. The van der Waals surface area contributed by atoms with E-state index in [-0.39, 0.29) is 0 Å². The van der Waals surface area contributed by atoms with Gasteiger partial charge in [0.15, 0.2) is 5.82 Å². The lowest BCUT2D eigenvalue weighted by molar-refractivity contribution is 0.155. The summed E-state index contributed by atoms with van der Waals surface area (Å²) in [5, 5.41) is 4.31. The van der Waals surface area contributed by atoms with Crippen LogP contribution in [-0.4, -0.2) is 10.1 Å². The Kier molecular flexibility index (Phi) is 6.31. The minimum absolute atomic E-state index is 0.477. The van der Waals surface area contributed by atoms with E-state index in [2.05, 4.69) is 28.0 Å². The topological polar surface area (TPSA) is 38.9 Å². The molecule has 1 aromatic carbocycles. The Bertz CT molecular complexity index is 710. The van der Waals surface area contributed by atoms with Crippen molar-refractivity contribution in [2.75, 3.05) is 0 Å². The van der Waals surface area contributed by atoms with Gasteiger partial charge in [-0.05, 0) is 80.5 Å². The van der Waals surface area contributed by atoms with Crippen LogP contribution in [0.4, 0.5) is 0 Å². The van der Waals surface area contributed by atoms with Crippen molar-refractivity contribution in [3.63, 3.8) is 0 Å². The van der Waals surface area contributed by atoms with Crippen LogP contribution < -0.4 is 0 Å². The second-order valence-electron chi connectivity index (χ2n) is 8.65. The van der Waals surface area contributed by atoms with E-state index < -0.39 is 0 Å². The Morgan fingerprint density at radius 2 is 1.56 bits per heavy atom. The fourth-order valence-electron chi connectivity index (χ4n) is 5.32. The highest BCUT2D eigenvalue weighted by Crippen LogP contribution is 2.44. The maximum absolute atomic E-state index is 5.55. The molecule has 3 nitrogen and oxygen atoms in total. The summed E-state index contributed by atoms with van der Waals surface area (Å²) >= 11 is 3.47. The van der Waals surface area contributed by atoms with Gasteiger partial charge in [0.25, 0.3) is 5.89 Å². The molecule has 146 valence electrons. The number of rotatable bonds is 5. The number of halogens is 1. The highest BCUT2D eigenvalue weighted by atomic mass is 79.9. The molecular weight excluding hydrogens is 400 g/mol. The van der Waals surface area contributed by atoms with Crippen LogP contribution in [0.1, 0.15) is 82.9 Å². The van der Waals surface area contributed by atoms with Gasteiger partial charge in [-0.3, -0.25) is 0 Å². The lowest BCUT2D eigenvalue weighted by Gasteiger charge is -2.37. The van der Waals surface area contributed by atoms with E-state index in [1.165, 1.54) is 64.2 Å². The molecule has 0 bridgehead atoms. The summed E-state index contributed by atoms with van der Waals surface area (Å²) in [6.45, 7) is 2.33. The number of hydrogen-bond donors (Lipinski definition) is 0. The molecule has 4 rings (SSSR count). The van der Waals surface area contributed by atoms with Crippen molar-refractivity contribution in [2.24, 2.45) is 17.8 Å². The van der Waals surface area contributed by atoms with Gasteiger partial charge in [0.2, 0.25) is 0 Å². The first-order valence-electron chi connectivity index (χ1n) is 10.8. The molecule has 27 heavy (non-hydrogen) atoms. The fourth-order valence-corrected chi connectivity index (χ4v) is 5.58. The molecule has 0 aliphatic heterocycles. The maximum atomic E-state index is 5.55. The standard InChI is InChI=1S/C23H31BrN2O/c1-2-3-16-4-6-17(7-5-16)18-8-10-19(11-9-18)22-25-23(27-26-22)20-12-14-21(24)15-13-20/h12-19H,2-11H2,1H3. The second-order valence-corrected chi connectivity index (χ2v) is 9.56. The zero-order valence-corrected chi connectivity index (χ0v) is 18.0. The molecule has 2 aliphatic carbocycles. The molecule has 0 atom stereocenters. The van der Waals surface area contributed by atoms with Gasteiger partial charge < -0.3 is 4.52 Å². The van der Waals surface area contributed by atoms with Crippen molar-refractivity contribution >= 4 is 15.9 Å². The zero-order chi connectivity index (χ0) is 18.6. The third-order valence-electron chi connectivity index (χ3n) is 6.92. The average molecular weight is 431 g/mol. The predicted octanol–water partition coefficient (Wildman–Crippen LogP) is 7.38. The molecule has 0 unspecified atom stereocenters. The first-order chi connectivity index (χ1) is 13.2. The van der Waals surface area contributed by atoms with E-state index in [1.54, 1.807) is 0 Å². The maximum Gasteiger partial charge on any atom is 0.257 e. The number of aromatic nitrogens is 2. The summed E-state index contributed by atoms with van der Waals surface area (Å²) in [6, 6.07) is 8.07. The summed E-state index contributed by atoms with van der Waals surface area (Å²) in [6.07, 6.45) is 13.8. The summed E-state index contributed by atoms with van der Waals surface area (Å²) in [4.78, 5) is 4.71. The van der Waals surface area contributed by atoms with Crippen molar-refractivity contribution in [1.29, 1.82) is 0 Å². The van der Waals surface area contributed by atoms with Crippen molar-refractivity contribution in [3.8, 4) is 11.5 Å². The van der Waals surface area contributed by atoms with Gasteiger partial charge in [-0.15, -0.1) is 0 Å². The van der Waals surface area contributed by atoms with Gasteiger partial charge in [-0.2, -0.15) is 4.98 Å². The fraction of sp³-hybridized carbons (Fsp3) is 0.652. The third-order valence-corrected chi connectivity index (χ3v) is 7.45. The molecule has 0 spiro atoms. The van der Waals surface area contributed by atoms with Crippen molar-refractivity contribution in [3.05, 3.63) is 34.6 Å². The molecule has 2 fully saturated rings. The van der Waals surface area contributed by atoms with E-state index in [9.17, 15) is 0 Å². The summed E-state index contributed by atoms with van der Waals surface area (Å²) in [5.74, 6) is 4.96. The molecule has 4 heteroatoms. The first kappa shape index (κ1) is 19.2. The number of benzene rings is 1. The summed E-state index contributed by atoms with van der Waals surface area (Å²) < 4.78 is 6.61. The lowest BCUT2D eigenvalue weighted by atomic mass is 9.68. The molecule has 1 heterocycles. The molecule has 0 radical (unpaired) electrons. The Hall–Kier alpha value is -1.16. The van der Waals surface area contributed by atoms with Crippen molar-refractivity contribution < 1.29 is 4.52 Å². The van der Waals surface area contributed by atoms with Gasteiger partial charge >= 0.3 is 0 Å². The minimum Gasteiger partial charge on any atom is -0.334 e. The lowest BCUT2D eigenvalue weighted by Crippen LogP contribution is -2.25. The molecule has 1 aromatic heterocycles. The van der Waals surface area contributed by atoms with Crippen LogP contribution in [0.5, 0.6) is 0 Å². The van der Waals surface area contributed by atoms with Crippen LogP contribution in [0.15, 0.2) is 33.3 Å². The molecule has 0 saturated heterocycles. The minimum atomic E-state index is 0.477. The Balaban J connectivity index is 1.30. The monoisotopic (exact) mass is 430 g/mol. The van der Waals surface area contributed by atoms with E-state index >= 15 is 0 Å². The quantitative estimate of drug-likeness (QED) is 0.496. The van der Waals surface area contributed by atoms with Crippen LogP contribution in [0, 0.1) is 17.8 Å². The van der Waals surface area contributed by atoms with Gasteiger partial charge in [-0.1, -0.05) is 53.7 Å². The van der Waals surface area contributed by atoms with E-state index in [1.807, 2.05) is 24.3 Å². The van der Waals surface area contributed by atoms with Crippen LogP contribution in [0.25, 0.3) is 11.5 Å². The number of nitrogens with zero attached hydrogens (tertiary/aromatic N) is 2. The zero-order valence-electron chi connectivity index (χ0n) is 16.4. The summed E-state index contributed by atoms with van der Waals surface area (Å²) in [7, 11) is 0. The van der Waals surface area contributed by atoms with E-state index in [4.69, 9.17) is 9.51 Å². The van der Waals surface area contributed by atoms with Crippen LogP contribution >= 0.6 is 15.9 Å². The largest absolute Gasteiger partial charge is 0.334 e. The number of hydrogen-bond acceptors (Lipinski definition) is 3. The highest BCUT2D eigenvalue weighted by Gasteiger charge is 2.32. The van der Waals surface area contributed by atoms with Crippen molar-refractivity contribution in [2.45, 2.75) is 77.0 Å². The Labute approximate surface area is 171 Å². The SMILES string of the molecule is CCCC1CCC(C2CCC(c3noc(-c4ccc(Br)cc4)n3)CC2)CC1. The molecular formula is C23H31BrN2O. The molecule has 2 aromatic rings. The molecule has 0 N–H and O–H groups in total. The second kappa shape index (κ2) is 8.89. The Morgan fingerprint density at radius 1 is 0.926 bits per heavy atom. The van der Waals surface area contributed by atoms with E-state index in [0.29, 0.717) is 11.8 Å². The van der Waals surface area contributed by atoms with Crippen LogP contribution in [-0.2, 0) is 0 Å². The van der Waals surface area contributed by atoms with Gasteiger partial charge in [0, 0.05) is 16.0 Å². The van der Waals surface area contributed by atoms with Gasteiger partial charge in [-0.25, -0.2) is 0 Å². The molecule has 2 saturated carbocycles. The van der Waals surface area contributed by atoms with E-state index in [0.717, 1.165) is 33.6 Å².